The highest BCUT2D eigenvalue weighted by Crippen LogP contribution is 1.97. The van der Waals surface area contributed by atoms with Crippen LogP contribution in [-0.4, -0.2) is 48.7 Å². The van der Waals surface area contributed by atoms with Gasteiger partial charge >= 0.3 is 5.97 Å². The molecule has 20 heavy (non-hydrogen) atoms. The number of halogens is 1. The molecular formula is C8H15ClN2O9. The molecule has 0 aliphatic rings. The van der Waals surface area contributed by atoms with Crippen molar-refractivity contribution in [2.24, 2.45) is 0 Å². The SMILES string of the molecule is CCOC(=O)CCOC[C@@H](CO[N+](=O)[O-])O[N+](=O)[O-].Cl. The second-order valence-corrected chi connectivity index (χ2v) is 3.10. The van der Waals surface area contributed by atoms with Gasteiger partial charge in [0.2, 0.25) is 0 Å². The molecule has 12 heteroatoms. The van der Waals surface area contributed by atoms with E-state index in [0.29, 0.717) is 0 Å². The predicted molar refractivity (Wildman–Crippen MR) is 64.1 cm³/mol. The molecule has 0 fully saturated rings. The normalized spacial score (nSPS) is 10.8. The average Bonchev–Trinajstić information content (AvgIpc) is 2.31. The highest BCUT2D eigenvalue weighted by atomic mass is 35.5. The quantitative estimate of drug-likeness (QED) is 0.225. The van der Waals surface area contributed by atoms with E-state index in [0.717, 1.165) is 0 Å². The number of esters is 1. The Bertz CT molecular complexity index is 314. The molecule has 0 bridgehead atoms. The Morgan fingerprint density at radius 2 is 1.85 bits per heavy atom. The second-order valence-electron chi connectivity index (χ2n) is 3.10. The molecule has 0 aliphatic carbocycles. The van der Waals surface area contributed by atoms with Gasteiger partial charge in [0.1, 0.15) is 6.61 Å². The Kier molecular flexibility index (Phi) is 12.4. The molecular weight excluding hydrogens is 304 g/mol. The summed E-state index contributed by atoms with van der Waals surface area (Å²) in [4.78, 5) is 39.0. The molecule has 1 atom stereocenters. The van der Waals surface area contributed by atoms with Crippen molar-refractivity contribution in [3.05, 3.63) is 20.2 Å². The van der Waals surface area contributed by atoms with Crippen molar-refractivity contribution in [2.45, 2.75) is 19.4 Å². The van der Waals surface area contributed by atoms with E-state index >= 15 is 0 Å². The van der Waals surface area contributed by atoms with E-state index < -0.39 is 28.9 Å². The first kappa shape index (κ1) is 20.4. The van der Waals surface area contributed by atoms with Crippen molar-refractivity contribution in [3.8, 4) is 0 Å². The summed E-state index contributed by atoms with van der Waals surface area (Å²) in [6.07, 6.45) is -1.28. The number of ether oxygens (including phenoxy) is 2. The molecule has 0 N–H and O–H groups in total. The van der Waals surface area contributed by atoms with Crippen LogP contribution in [0.5, 0.6) is 0 Å². The fourth-order valence-electron chi connectivity index (χ4n) is 0.978. The average molecular weight is 319 g/mol. The van der Waals surface area contributed by atoms with Crippen molar-refractivity contribution in [1.29, 1.82) is 0 Å². The van der Waals surface area contributed by atoms with Gasteiger partial charge in [-0.15, -0.1) is 32.6 Å². The van der Waals surface area contributed by atoms with E-state index in [1.165, 1.54) is 0 Å². The summed E-state index contributed by atoms with van der Waals surface area (Å²) in [5.74, 6) is -0.476. The first-order chi connectivity index (χ1) is 8.95. The van der Waals surface area contributed by atoms with E-state index in [1.807, 2.05) is 0 Å². The fraction of sp³-hybridized carbons (Fsp3) is 0.875. The third-order valence-corrected chi connectivity index (χ3v) is 1.66. The minimum absolute atomic E-state index is 0. The van der Waals surface area contributed by atoms with Crippen LogP contribution in [0.15, 0.2) is 0 Å². The van der Waals surface area contributed by atoms with E-state index in [-0.39, 0.29) is 38.6 Å². The number of rotatable bonds is 11. The summed E-state index contributed by atoms with van der Waals surface area (Å²) in [7, 11) is 0. The van der Waals surface area contributed by atoms with Crippen LogP contribution in [0.2, 0.25) is 0 Å². The minimum Gasteiger partial charge on any atom is -0.466 e. The molecule has 0 aromatic heterocycles. The maximum atomic E-state index is 10.9. The molecule has 0 amide bonds. The Balaban J connectivity index is 0. The van der Waals surface area contributed by atoms with Gasteiger partial charge in [0.15, 0.2) is 6.10 Å². The number of carbonyl (C=O) groups excluding carboxylic acids is 1. The highest BCUT2D eigenvalue weighted by molar-refractivity contribution is 5.85. The molecule has 0 saturated heterocycles. The lowest BCUT2D eigenvalue weighted by Crippen LogP contribution is -2.29. The Morgan fingerprint density at radius 1 is 1.20 bits per heavy atom. The smallest absolute Gasteiger partial charge is 0.308 e. The van der Waals surface area contributed by atoms with Crippen LogP contribution >= 0.6 is 12.4 Å². The second kappa shape index (κ2) is 12.2. The van der Waals surface area contributed by atoms with Crippen LogP contribution in [-0.2, 0) is 23.9 Å². The highest BCUT2D eigenvalue weighted by Gasteiger charge is 2.16. The summed E-state index contributed by atoms with van der Waals surface area (Å²) < 4.78 is 9.53. The fourth-order valence-corrected chi connectivity index (χ4v) is 0.978. The summed E-state index contributed by atoms with van der Waals surface area (Å²) in [5.41, 5.74) is 0. The number of carbonyl (C=O) groups is 1. The standard InChI is InChI=1S/C8H14N2O9.ClH/c1-2-17-8(11)3-4-16-5-7(19-10(14)15)6-18-9(12)13;/h7H,2-6H2,1H3;1H/t7-;/m0./s1. The Morgan fingerprint density at radius 3 is 2.35 bits per heavy atom. The molecule has 0 unspecified atom stereocenters. The lowest BCUT2D eigenvalue weighted by molar-refractivity contribution is -0.790. The van der Waals surface area contributed by atoms with Crippen LogP contribution < -0.4 is 0 Å². The van der Waals surface area contributed by atoms with Crippen LogP contribution in [0.1, 0.15) is 13.3 Å². The van der Waals surface area contributed by atoms with Gasteiger partial charge in [0.25, 0.3) is 10.2 Å². The number of hydrogen-bond donors (Lipinski definition) is 0. The van der Waals surface area contributed by atoms with E-state index in [1.54, 1.807) is 6.92 Å². The zero-order valence-corrected chi connectivity index (χ0v) is 11.4. The van der Waals surface area contributed by atoms with Gasteiger partial charge < -0.3 is 19.1 Å². The predicted octanol–water partition coefficient (Wildman–Crippen LogP) is 0.163. The summed E-state index contributed by atoms with van der Waals surface area (Å²) >= 11 is 0. The maximum absolute atomic E-state index is 10.9. The van der Waals surface area contributed by atoms with Crippen molar-refractivity contribution in [2.75, 3.05) is 26.4 Å². The molecule has 0 rings (SSSR count). The Labute approximate surface area is 119 Å². The molecule has 0 heterocycles. The van der Waals surface area contributed by atoms with E-state index in [4.69, 9.17) is 4.74 Å². The zero-order valence-electron chi connectivity index (χ0n) is 10.6. The molecule has 0 aromatic carbocycles. The van der Waals surface area contributed by atoms with Crippen molar-refractivity contribution < 1.29 is 34.1 Å². The zero-order chi connectivity index (χ0) is 14.7. The van der Waals surface area contributed by atoms with Gasteiger partial charge in [-0.2, -0.15) is 0 Å². The largest absolute Gasteiger partial charge is 0.466 e. The van der Waals surface area contributed by atoms with Crippen LogP contribution in [0.3, 0.4) is 0 Å². The minimum atomic E-state index is -1.25. The van der Waals surface area contributed by atoms with Gasteiger partial charge in [0, 0.05) is 0 Å². The first-order valence-corrected chi connectivity index (χ1v) is 5.27. The van der Waals surface area contributed by atoms with Crippen LogP contribution in [0.25, 0.3) is 0 Å². The van der Waals surface area contributed by atoms with Crippen LogP contribution in [0, 0.1) is 20.2 Å². The summed E-state index contributed by atoms with van der Waals surface area (Å²) in [5, 5.41) is 17.8. The molecule has 0 aliphatic heterocycles. The van der Waals surface area contributed by atoms with Crippen molar-refractivity contribution >= 4 is 18.4 Å². The van der Waals surface area contributed by atoms with Gasteiger partial charge in [0.05, 0.1) is 26.2 Å². The molecule has 0 spiro atoms. The third kappa shape index (κ3) is 12.6. The topological polar surface area (TPSA) is 140 Å². The van der Waals surface area contributed by atoms with Gasteiger partial charge in [-0.1, -0.05) is 0 Å². The monoisotopic (exact) mass is 318 g/mol. The summed E-state index contributed by atoms with van der Waals surface area (Å²) in [6, 6.07) is 0. The van der Waals surface area contributed by atoms with E-state index in [9.17, 15) is 25.0 Å². The molecule has 0 saturated carbocycles. The summed E-state index contributed by atoms with van der Waals surface area (Å²) in [6.45, 7) is 0.869. The Hall–Kier alpha value is -1.88. The molecule has 0 aromatic rings. The number of hydrogen-bond acceptors (Lipinski definition) is 9. The lowest BCUT2D eigenvalue weighted by Gasteiger charge is -2.13. The number of nitrogens with zero attached hydrogens (tertiary/aromatic N) is 2. The van der Waals surface area contributed by atoms with E-state index in [2.05, 4.69) is 14.4 Å². The lowest BCUT2D eigenvalue weighted by atomic mass is 10.4. The molecule has 11 nitrogen and oxygen atoms in total. The van der Waals surface area contributed by atoms with Crippen LogP contribution in [0.4, 0.5) is 0 Å². The van der Waals surface area contributed by atoms with Crippen molar-refractivity contribution in [1.82, 2.24) is 0 Å². The third-order valence-electron chi connectivity index (χ3n) is 1.66. The van der Waals surface area contributed by atoms with Gasteiger partial charge in [-0.05, 0) is 6.92 Å². The van der Waals surface area contributed by atoms with Gasteiger partial charge in [-0.3, -0.25) is 4.79 Å². The first-order valence-electron chi connectivity index (χ1n) is 5.27. The molecule has 0 radical (unpaired) electrons. The van der Waals surface area contributed by atoms with Gasteiger partial charge in [-0.25, -0.2) is 0 Å². The maximum Gasteiger partial charge on any atom is 0.308 e. The molecule has 118 valence electrons. The van der Waals surface area contributed by atoms with Crippen molar-refractivity contribution in [3.63, 3.8) is 0 Å².